The highest BCUT2D eigenvalue weighted by molar-refractivity contribution is 6.31. The molecule has 2 aromatic rings. The number of anilines is 1. The minimum Gasteiger partial charge on any atom is -0.378 e. The Balaban J connectivity index is 1.96. The molecule has 1 aliphatic heterocycles. The summed E-state index contributed by atoms with van der Waals surface area (Å²) >= 11 is 6.27. The van der Waals surface area contributed by atoms with E-state index in [4.69, 9.17) is 11.6 Å². The van der Waals surface area contributed by atoms with Gasteiger partial charge in [-0.25, -0.2) is 0 Å². The normalized spacial score (nSPS) is 17.4. The highest BCUT2D eigenvalue weighted by atomic mass is 35.5. The molecule has 1 unspecified atom stereocenters. The molecule has 1 nitrogen and oxygen atoms in total. The molecule has 2 heteroatoms. The van der Waals surface area contributed by atoms with E-state index in [2.05, 4.69) is 37.4 Å². The van der Waals surface area contributed by atoms with E-state index >= 15 is 0 Å². The zero-order valence-corrected chi connectivity index (χ0v) is 11.4. The van der Waals surface area contributed by atoms with Crippen molar-refractivity contribution in [1.29, 1.82) is 0 Å². The maximum atomic E-state index is 6.27. The third-order valence-electron chi connectivity index (χ3n) is 3.75. The van der Waals surface area contributed by atoms with E-state index in [1.165, 1.54) is 27.9 Å². The van der Waals surface area contributed by atoms with Gasteiger partial charge in [-0.05, 0) is 54.7 Å². The van der Waals surface area contributed by atoms with Crippen molar-refractivity contribution < 1.29 is 0 Å². The fourth-order valence-corrected chi connectivity index (χ4v) is 2.85. The smallest absolute Gasteiger partial charge is 0.0569 e. The van der Waals surface area contributed by atoms with Crippen molar-refractivity contribution in [3.63, 3.8) is 0 Å². The standard InChI is InChI=1S/C16H16ClN/c1-10-7-12-9-16(18-15(12)8-11(10)2)13-5-3-4-6-14(13)17/h3-8,16,18H,9H2,1-2H3. The van der Waals surface area contributed by atoms with Crippen molar-refractivity contribution in [2.45, 2.75) is 26.3 Å². The predicted octanol–water partition coefficient (Wildman–Crippen LogP) is 4.67. The van der Waals surface area contributed by atoms with E-state index in [9.17, 15) is 0 Å². The van der Waals surface area contributed by atoms with Crippen molar-refractivity contribution in [3.8, 4) is 0 Å². The monoisotopic (exact) mass is 257 g/mol. The van der Waals surface area contributed by atoms with E-state index in [0.717, 1.165) is 11.4 Å². The first kappa shape index (κ1) is 11.6. The number of hydrogen-bond donors (Lipinski definition) is 1. The van der Waals surface area contributed by atoms with Gasteiger partial charge in [0.15, 0.2) is 0 Å². The maximum absolute atomic E-state index is 6.27. The topological polar surface area (TPSA) is 12.0 Å². The van der Waals surface area contributed by atoms with Crippen LogP contribution in [-0.4, -0.2) is 0 Å². The predicted molar refractivity (Wildman–Crippen MR) is 77.4 cm³/mol. The molecule has 0 saturated heterocycles. The molecule has 3 rings (SSSR count). The molecule has 2 aromatic carbocycles. The van der Waals surface area contributed by atoms with Crippen LogP contribution in [0, 0.1) is 13.8 Å². The Morgan fingerprint density at radius 2 is 1.83 bits per heavy atom. The molecule has 0 spiro atoms. The van der Waals surface area contributed by atoms with Crippen molar-refractivity contribution in [2.75, 3.05) is 5.32 Å². The van der Waals surface area contributed by atoms with Gasteiger partial charge in [0.05, 0.1) is 6.04 Å². The lowest BCUT2D eigenvalue weighted by molar-refractivity contribution is 0.824. The Labute approximate surface area is 113 Å². The summed E-state index contributed by atoms with van der Waals surface area (Å²) in [7, 11) is 0. The average Bonchev–Trinajstić information content (AvgIpc) is 2.73. The molecular weight excluding hydrogens is 242 g/mol. The van der Waals surface area contributed by atoms with Gasteiger partial charge in [-0.15, -0.1) is 0 Å². The molecule has 1 atom stereocenters. The zero-order chi connectivity index (χ0) is 12.7. The molecule has 0 aromatic heterocycles. The van der Waals surface area contributed by atoms with Crippen molar-refractivity contribution >= 4 is 17.3 Å². The zero-order valence-electron chi connectivity index (χ0n) is 10.6. The van der Waals surface area contributed by atoms with E-state index in [0.29, 0.717) is 6.04 Å². The van der Waals surface area contributed by atoms with Crippen LogP contribution in [0.25, 0.3) is 0 Å². The van der Waals surface area contributed by atoms with Gasteiger partial charge in [-0.2, -0.15) is 0 Å². The first-order valence-corrected chi connectivity index (χ1v) is 6.64. The van der Waals surface area contributed by atoms with Crippen LogP contribution < -0.4 is 5.32 Å². The van der Waals surface area contributed by atoms with E-state index in [1.807, 2.05) is 18.2 Å². The Morgan fingerprint density at radius 1 is 1.11 bits per heavy atom. The Hall–Kier alpha value is -1.47. The summed E-state index contributed by atoms with van der Waals surface area (Å²) in [4.78, 5) is 0. The second-order valence-corrected chi connectivity index (χ2v) is 5.42. The number of hydrogen-bond acceptors (Lipinski definition) is 1. The largest absolute Gasteiger partial charge is 0.378 e. The molecule has 0 amide bonds. The van der Waals surface area contributed by atoms with Gasteiger partial charge < -0.3 is 5.32 Å². The van der Waals surface area contributed by atoms with Crippen molar-refractivity contribution in [3.05, 3.63) is 63.7 Å². The fourth-order valence-electron chi connectivity index (χ4n) is 2.58. The Bertz CT molecular complexity index is 573. The second kappa shape index (κ2) is 4.33. The lowest BCUT2D eigenvalue weighted by Crippen LogP contribution is -2.06. The van der Waals surface area contributed by atoms with Crippen LogP contribution in [0.5, 0.6) is 0 Å². The number of halogens is 1. The van der Waals surface area contributed by atoms with Crippen molar-refractivity contribution in [1.82, 2.24) is 0 Å². The quantitative estimate of drug-likeness (QED) is 0.783. The van der Waals surface area contributed by atoms with Gasteiger partial charge in [0, 0.05) is 10.7 Å². The van der Waals surface area contributed by atoms with E-state index < -0.39 is 0 Å². The molecule has 92 valence electrons. The van der Waals surface area contributed by atoms with Gasteiger partial charge in [0.2, 0.25) is 0 Å². The molecule has 0 aliphatic carbocycles. The summed E-state index contributed by atoms with van der Waals surface area (Å²) in [6.07, 6.45) is 1.01. The first-order valence-electron chi connectivity index (χ1n) is 6.26. The third-order valence-corrected chi connectivity index (χ3v) is 4.10. The highest BCUT2D eigenvalue weighted by Crippen LogP contribution is 2.37. The van der Waals surface area contributed by atoms with E-state index in [1.54, 1.807) is 0 Å². The summed E-state index contributed by atoms with van der Waals surface area (Å²) in [5.41, 5.74) is 6.52. The van der Waals surface area contributed by atoms with Gasteiger partial charge in [-0.3, -0.25) is 0 Å². The summed E-state index contributed by atoms with van der Waals surface area (Å²) < 4.78 is 0. The lowest BCUT2D eigenvalue weighted by atomic mass is 10.0. The second-order valence-electron chi connectivity index (χ2n) is 5.02. The number of aryl methyl sites for hydroxylation is 2. The van der Waals surface area contributed by atoms with Gasteiger partial charge >= 0.3 is 0 Å². The van der Waals surface area contributed by atoms with Crippen LogP contribution in [0.15, 0.2) is 36.4 Å². The Morgan fingerprint density at radius 3 is 2.61 bits per heavy atom. The van der Waals surface area contributed by atoms with Gasteiger partial charge in [0.1, 0.15) is 0 Å². The molecule has 0 fully saturated rings. The minimum atomic E-state index is 0.301. The van der Waals surface area contributed by atoms with Crippen LogP contribution in [0.3, 0.4) is 0 Å². The SMILES string of the molecule is Cc1cc2c(cc1C)NC(c1ccccc1Cl)C2. The van der Waals surface area contributed by atoms with Crippen LogP contribution >= 0.6 is 11.6 Å². The summed E-state index contributed by atoms with van der Waals surface area (Å²) in [5.74, 6) is 0. The Kier molecular flexibility index (Phi) is 2.79. The van der Waals surface area contributed by atoms with Crippen LogP contribution in [0.2, 0.25) is 5.02 Å². The molecule has 0 bridgehead atoms. The van der Waals surface area contributed by atoms with Crippen LogP contribution in [0.1, 0.15) is 28.3 Å². The molecule has 18 heavy (non-hydrogen) atoms. The molecule has 1 N–H and O–H groups in total. The van der Waals surface area contributed by atoms with Crippen LogP contribution in [-0.2, 0) is 6.42 Å². The van der Waals surface area contributed by atoms with Gasteiger partial charge in [-0.1, -0.05) is 35.9 Å². The summed E-state index contributed by atoms with van der Waals surface area (Å²) in [6, 6.07) is 12.9. The van der Waals surface area contributed by atoms with Crippen molar-refractivity contribution in [2.24, 2.45) is 0 Å². The number of fused-ring (bicyclic) bond motifs is 1. The fraction of sp³-hybridized carbons (Fsp3) is 0.250. The maximum Gasteiger partial charge on any atom is 0.0569 e. The first-order chi connectivity index (χ1) is 8.65. The number of benzene rings is 2. The molecule has 0 saturated carbocycles. The summed E-state index contributed by atoms with van der Waals surface area (Å²) in [6.45, 7) is 4.32. The van der Waals surface area contributed by atoms with Gasteiger partial charge in [0.25, 0.3) is 0 Å². The number of rotatable bonds is 1. The third kappa shape index (κ3) is 1.89. The average molecular weight is 258 g/mol. The molecular formula is C16H16ClN. The molecule has 0 radical (unpaired) electrons. The molecule has 1 aliphatic rings. The van der Waals surface area contributed by atoms with Crippen LogP contribution in [0.4, 0.5) is 5.69 Å². The minimum absolute atomic E-state index is 0.301. The summed E-state index contributed by atoms with van der Waals surface area (Å²) in [5, 5.41) is 4.42. The molecule has 1 heterocycles. The highest BCUT2D eigenvalue weighted by Gasteiger charge is 2.23. The lowest BCUT2D eigenvalue weighted by Gasteiger charge is -2.13. The number of nitrogens with one attached hydrogen (secondary N) is 1. The van der Waals surface area contributed by atoms with E-state index in [-0.39, 0.29) is 0 Å².